The zero-order valence-electron chi connectivity index (χ0n) is 10.8. The molecule has 4 heteroatoms. The Labute approximate surface area is 114 Å². The quantitative estimate of drug-likeness (QED) is 0.740. The molecule has 1 aromatic carbocycles. The van der Waals surface area contributed by atoms with Gasteiger partial charge in [0.25, 0.3) is 0 Å². The lowest BCUT2D eigenvalue weighted by molar-refractivity contribution is 0.0490. The number of esters is 2. The first kappa shape index (κ1) is 17.2. The largest absolute Gasteiger partial charge is 0.462 e. The van der Waals surface area contributed by atoms with E-state index in [1.165, 1.54) is 0 Å². The Bertz CT molecular complexity index is 356. The summed E-state index contributed by atoms with van der Waals surface area (Å²) in [5.41, 5.74) is 0.881. The Kier molecular flexibility index (Phi) is 8.25. The molecule has 19 heavy (non-hydrogen) atoms. The van der Waals surface area contributed by atoms with Gasteiger partial charge < -0.3 is 9.47 Å². The van der Waals surface area contributed by atoms with E-state index in [4.69, 9.17) is 9.47 Å². The highest BCUT2D eigenvalue weighted by Gasteiger charge is 2.10. The van der Waals surface area contributed by atoms with E-state index >= 15 is 0 Å². The van der Waals surface area contributed by atoms with Crippen molar-refractivity contribution in [1.82, 2.24) is 0 Å². The summed E-state index contributed by atoms with van der Waals surface area (Å²) in [5, 5.41) is 0. The molecule has 0 saturated heterocycles. The first-order chi connectivity index (χ1) is 8.69. The standard InChI is InChI=1S/C14H18O4.CH4/c1-3-9-17-13(15)11-5-7-12(8-6-11)14(16)18-10-4-2;/h5-8H,3-4,9-10H2,1-2H3;1H4. The Morgan fingerprint density at radius 1 is 0.842 bits per heavy atom. The Balaban J connectivity index is 0.00000324. The van der Waals surface area contributed by atoms with Crippen molar-refractivity contribution in [2.24, 2.45) is 0 Å². The van der Waals surface area contributed by atoms with Gasteiger partial charge in [0.15, 0.2) is 0 Å². The number of carbonyl (C=O) groups excluding carboxylic acids is 2. The maximum atomic E-state index is 11.5. The Morgan fingerprint density at radius 2 is 1.16 bits per heavy atom. The van der Waals surface area contributed by atoms with Crippen molar-refractivity contribution in [1.29, 1.82) is 0 Å². The maximum Gasteiger partial charge on any atom is 0.338 e. The van der Waals surface area contributed by atoms with Gasteiger partial charge in [-0.15, -0.1) is 0 Å². The number of hydrogen-bond donors (Lipinski definition) is 0. The average Bonchev–Trinajstić information content (AvgIpc) is 2.42. The Morgan fingerprint density at radius 3 is 1.42 bits per heavy atom. The molecule has 0 bridgehead atoms. The van der Waals surface area contributed by atoms with E-state index < -0.39 is 0 Å². The van der Waals surface area contributed by atoms with Crippen LogP contribution >= 0.6 is 0 Å². The minimum Gasteiger partial charge on any atom is -0.462 e. The predicted molar refractivity (Wildman–Crippen MR) is 74.3 cm³/mol. The molecule has 0 saturated carbocycles. The molecule has 0 atom stereocenters. The smallest absolute Gasteiger partial charge is 0.338 e. The van der Waals surface area contributed by atoms with Crippen molar-refractivity contribution >= 4 is 11.9 Å². The molecule has 0 aliphatic carbocycles. The fourth-order valence-electron chi connectivity index (χ4n) is 1.30. The minimum atomic E-state index is -0.370. The van der Waals surface area contributed by atoms with Crippen LogP contribution in [0.1, 0.15) is 54.8 Å². The molecule has 0 unspecified atom stereocenters. The summed E-state index contributed by atoms with van der Waals surface area (Å²) in [5.74, 6) is -0.740. The van der Waals surface area contributed by atoms with Crippen LogP contribution < -0.4 is 0 Å². The van der Waals surface area contributed by atoms with Crippen LogP contribution in [0, 0.1) is 0 Å². The molecule has 0 aliphatic heterocycles. The van der Waals surface area contributed by atoms with E-state index in [9.17, 15) is 9.59 Å². The molecule has 0 heterocycles. The summed E-state index contributed by atoms with van der Waals surface area (Å²) in [4.78, 5) is 23.0. The van der Waals surface area contributed by atoms with Crippen LogP contribution in [0.4, 0.5) is 0 Å². The van der Waals surface area contributed by atoms with Gasteiger partial charge in [0.05, 0.1) is 24.3 Å². The van der Waals surface area contributed by atoms with Gasteiger partial charge in [-0.1, -0.05) is 21.3 Å². The topological polar surface area (TPSA) is 52.6 Å². The van der Waals surface area contributed by atoms with Crippen LogP contribution in [0.5, 0.6) is 0 Å². The molecular formula is C15H22O4. The number of carbonyl (C=O) groups is 2. The molecule has 1 rings (SSSR count). The molecule has 0 fully saturated rings. The van der Waals surface area contributed by atoms with Crippen molar-refractivity contribution in [3.63, 3.8) is 0 Å². The van der Waals surface area contributed by atoms with Crippen molar-refractivity contribution in [3.8, 4) is 0 Å². The third kappa shape index (κ3) is 5.55. The van der Waals surface area contributed by atoms with Gasteiger partial charge in [-0.3, -0.25) is 0 Å². The van der Waals surface area contributed by atoms with Crippen LogP contribution in [0.3, 0.4) is 0 Å². The summed E-state index contributed by atoms with van der Waals surface area (Å²) in [6.45, 7) is 4.67. The first-order valence-electron chi connectivity index (χ1n) is 6.13. The van der Waals surface area contributed by atoms with Gasteiger partial charge in [0.2, 0.25) is 0 Å². The SMILES string of the molecule is C.CCCOC(=O)c1ccc(C(=O)OCCC)cc1. The molecular weight excluding hydrogens is 244 g/mol. The number of hydrogen-bond acceptors (Lipinski definition) is 4. The average molecular weight is 266 g/mol. The van der Waals surface area contributed by atoms with Gasteiger partial charge in [-0.25, -0.2) is 9.59 Å². The molecule has 0 N–H and O–H groups in total. The highest BCUT2D eigenvalue weighted by Crippen LogP contribution is 2.08. The highest BCUT2D eigenvalue weighted by molar-refractivity contribution is 5.93. The van der Waals surface area contributed by atoms with E-state index in [1.807, 2.05) is 13.8 Å². The third-order valence-electron chi connectivity index (χ3n) is 2.23. The zero-order valence-corrected chi connectivity index (χ0v) is 10.8. The van der Waals surface area contributed by atoms with Crippen LogP contribution in [-0.2, 0) is 9.47 Å². The minimum absolute atomic E-state index is 0. The summed E-state index contributed by atoms with van der Waals surface area (Å²) < 4.78 is 9.97. The molecule has 1 aromatic rings. The first-order valence-corrected chi connectivity index (χ1v) is 6.13. The van der Waals surface area contributed by atoms with Gasteiger partial charge >= 0.3 is 11.9 Å². The molecule has 0 aliphatic rings. The summed E-state index contributed by atoms with van der Waals surface area (Å²) in [6, 6.07) is 6.28. The van der Waals surface area contributed by atoms with Gasteiger partial charge in [-0.2, -0.15) is 0 Å². The van der Waals surface area contributed by atoms with Crippen molar-refractivity contribution in [3.05, 3.63) is 35.4 Å². The van der Waals surface area contributed by atoms with Crippen LogP contribution in [0.15, 0.2) is 24.3 Å². The molecule has 106 valence electrons. The highest BCUT2D eigenvalue weighted by atomic mass is 16.5. The maximum absolute atomic E-state index is 11.5. The Hall–Kier alpha value is -1.84. The fourth-order valence-corrected chi connectivity index (χ4v) is 1.30. The normalized spacial score (nSPS) is 9.37. The van der Waals surface area contributed by atoms with Gasteiger partial charge in [0, 0.05) is 0 Å². The zero-order chi connectivity index (χ0) is 13.4. The lowest BCUT2D eigenvalue weighted by atomic mass is 10.1. The summed E-state index contributed by atoms with van der Waals surface area (Å²) >= 11 is 0. The second-order valence-corrected chi connectivity index (χ2v) is 3.85. The van der Waals surface area contributed by atoms with Crippen LogP contribution in [0.2, 0.25) is 0 Å². The van der Waals surface area contributed by atoms with E-state index in [0.29, 0.717) is 24.3 Å². The molecule has 0 aromatic heterocycles. The molecule has 0 amide bonds. The van der Waals surface area contributed by atoms with Crippen LogP contribution in [-0.4, -0.2) is 25.2 Å². The van der Waals surface area contributed by atoms with E-state index in [1.54, 1.807) is 24.3 Å². The van der Waals surface area contributed by atoms with Gasteiger partial charge in [-0.05, 0) is 37.1 Å². The third-order valence-corrected chi connectivity index (χ3v) is 2.23. The monoisotopic (exact) mass is 266 g/mol. The van der Waals surface area contributed by atoms with Gasteiger partial charge in [0.1, 0.15) is 0 Å². The van der Waals surface area contributed by atoms with Crippen molar-refractivity contribution < 1.29 is 19.1 Å². The number of ether oxygens (including phenoxy) is 2. The second kappa shape index (κ2) is 9.14. The summed E-state index contributed by atoms with van der Waals surface area (Å²) in [6.07, 6.45) is 1.57. The molecule has 0 spiro atoms. The van der Waals surface area contributed by atoms with E-state index in [2.05, 4.69) is 0 Å². The molecule has 0 radical (unpaired) electrons. The molecule has 4 nitrogen and oxygen atoms in total. The van der Waals surface area contributed by atoms with E-state index in [-0.39, 0.29) is 19.4 Å². The predicted octanol–water partition coefficient (Wildman–Crippen LogP) is 3.46. The number of rotatable bonds is 6. The number of benzene rings is 1. The lowest BCUT2D eigenvalue weighted by Gasteiger charge is -2.05. The van der Waals surface area contributed by atoms with Crippen molar-refractivity contribution in [2.45, 2.75) is 34.1 Å². The van der Waals surface area contributed by atoms with Crippen LogP contribution in [0.25, 0.3) is 0 Å². The van der Waals surface area contributed by atoms with E-state index in [0.717, 1.165) is 12.8 Å². The summed E-state index contributed by atoms with van der Waals surface area (Å²) in [7, 11) is 0. The lowest BCUT2D eigenvalue weighted by Crippen LogP contribution is -2.08. The second-order valence-electron chi connectivity index (χ2n) is 3.85. The van der Waals surface area contributed by atoms with Crippen molar-refractivity contribution in [2.75, 3.05) is 13.2 Å². The fraction of sp³-hybridized carbons (Fsp3) is 0.467.